The van der Waals surface area contributed by atoms with Crippen LogP contribution in [0, 0.1) is 0 Å². The summed E-state index contributed by atoms with van der Waals surface area (Å²) in [5.74, 6) is -0.507. The summed E-state index contributed by atoms with van der Waals surface area (Å²) < 4.78 is 1.72. The lowest BCUT2D eigenvalue weighted by atomic mass is 10.1. The van der Waals surface area contributed by atoms with Gasteiger partial charge in [-0.3, -0.25) is 0 Å². The summed E-state index contributed by atoms with van der Waals surface area (Å²) in [7, 11) is 1.78. The van der Waals surface area contributed by atoms with E-state index in [1.807, 2.05) is 19.9 Å². The number of rotatable bonds is 2. The molecule has 1 aromatic rings. The van der Waals surface area contributed by atoms with Crippen molar-refractivity contribution in [1.29, 1.82) is 0 Å². The van der Waals surface area contributed by atoms with Gasteiger partial charge in [-0.25, -0.2) is 4.79 Å². The lowest BCUT2D eigenvalue weighted by Gasteiger charge is -2.07. The fraction of sp³-hybridized carbons (Fsp3) is 0.444. The number of carboxylic acid groups (broad SMARTS) is 1. The molecule has 0 bridgehead atoms. The Balaban J connectivity index is 3.13. The molecule has 0 aliphatic rings. The predicted octanol–water partition coefficient (Wildman–Crippen LogP) is 1.85. The molecule has 0 aliphatic carbocycles. The summed E-state index contributed by atoms with van der Waals surface area (Å²) in [6.07, 6.45) is 0. The van der Waals surface area contributed by atoms with E-state index in [9.17, 15) is 4.79 Å². The van der Waals surface area contributed by atoms with Crippen LogP contribution in [-0.4, -0.2) is 15.6 Å². The molecule has 1 N–H and O–H groups in total. The zero-order chi connectivity index (χ0) is 9.30. The summed E-state index contributed by atoms with van der Waals surface area (Å²) in [5, 5.41) is 8.74. The fourth-order valence-electron chi connectivity index (χ4n) is 1.32. The Kier molecular flexibility index (Phi) is 2.22. The standard InChI is InChI=1S/C9H13NO2/c1-6(2)7-4-5-8(9(11)12)10(7)3/h4-6H,1-3H3,(H,11,12). The first-order valence-electron chi connectivity index (χ1n) is 3.93. The van der Waals surface area contributed by atoms with Crippen LogP contribution in [0.1, 0.15) is 35.9 Å². The van der Waals surface area contributed by atoms with Gasteiger partial charge in [-0.15, -0.1) is 0 Å². The van der Waals surface area contributed by atoms with E-state index in [4.69, 9.17) is 5.11 Å². The molecule has 1 rings (SSSR count). The molecule has 0 spiro atoms. The van der Waals surface area contributed by atoms with Gasteiger partial charge in [-0.1, -0.05) is 13.8 Å². The van der Waals surface area contributed by atoms with Crippen LogP contribution in [-0.2, 0) is 7.05 Å². The van der Waals surface area contributed by atoms with Crippen molar-refractivity contribution in [3.8, 4) is 0 Å². The number of hydrogen-bond acceptors (Lipinski definition) is 1. The molecule has 0 saturated heterocycles. The zero-order valence-corrected chi connectivity index (χ0v) is 7.53. The summed E-state index contributed by atoms with van der Waals surface area (Å²) in [6.45, 7) is 4.09. The molecular weight excluding hydrogens is 154 g/mol. The minimum absolute atomic E-state index is 0.346. The van der Waals surface area contributed by atoms with E-state index >= 15 is 0 Å². The van der Waals surface area contributed by atoms with E-state index in [1.165, 1.54) is 0 Å². The van der Waals surface area contributed by atoms with Crippen LogP contribution in [0.3, 0.4) is 0 Å². The Hall–Kier alpha value is -1.25. The quantitative estimate of drug-likeness (QED) is 0.730. The first kappa shape index (κ1) is 8.84. The van der Waals surface area contributed by atoms with Gasteiger partial charge in [0.2, 0.25) is 0 Å². The van der Waals surface area contributed by atoms with Crippen molar-refractivity contribution in [2.45, 2.75) is 19.8 Å². The SMILES string of the molecule is CC(C)c1ccc(C(=O)O)n1C. The molecule has 66 valence electrons. The average molecular weight is 167 g/mol. The molecule has 1 aromatic heterocycles. The number of aromatic carboxylic acids is 1. The normalized spacial score (nSPS) is 10.7. The van der Waals surface area contributed by atoms with E-state index in [0.29, 0.717) is 11.6 Å². The maximum atomic E-state index is 10.6. The molecule has 0 aliphatic heterocycles. The van der Waals surface area contributed by atoms with Crippen LogP contribution >= 0.6 is 0 Å². The van der Waals surface area contributed by atoms with Gasteiger partial charge in [0.1, 0.15) is 5.69 Å². The van der Waals surface area contributed by atoms with Crippen LogP contribution in [0.25, 0.3) is 0 Å². The second-order valence-electron chi connectivity index (χ2n) is 3.16. The van der Waals surface area contributed by atoms with Crippen molar-refractivity contribution >= 4 is 5.97 Å². The van der Waals surface area contributed by atoms with Crippen molar-refractivity contribution in [2.75, 3.05) is 0 Å². The Labute approximate surface area is 71.6 Å². The first-order chi connectivity index (χ1) is 5.54. The van der Waals surface area contributed by atoms with Gasteiger partial charge < -0.3 is 9.67 Å². The number of carbonyl (C=O) groups is 1. The van der Waals surface area contributed by atoms with E-state index in [1.54, 1.807) is 17.7 Å². The Morgan fingerprint density at radius 2 is 2.08 bits per heavy atom. The highest BCUT2D eigenvalue weighted by atomic mass is 16.4. The van der Waals surface area contributed by atoms with Crippen molar-refractivity contribution < 1.29 is 9.90 Å². The maximum absolute atomic E-state index is 10.6. The Bertz CT molecular complexity index is 299. The molecule has 0 saturated carbocycles. The number of nitrogens with zero attached hydrogens (tertiary/aromatic N) is 1. The van der Waals surface area contributed by atoms with Crippen molar-refractivity contribution in [1.82, 2.24) is 4.57 Å². The van der Waals surface area contributed by atoms with Crippen molar-refractivity contribution in [3.63, 3.8) is 0 Å². The summed E-state index contributed by atoms with van der Waals surface area (Å²) >= 11 is 0. The molecule has 0 radical (unpaired) electrons. The largest absolute Gasteiger partial charge is 0.477 e. The van der Waals surface area contributed by atoms with Crippen LogP contribution in [0.15, 0.2) is 12.1 Å². The minimum Gasteiger partial charge on any atom is -0.477 e. The van der Waals surface area contributed by atoms with Gasteiger partial charge >= 0.3 is 5.97 Å². The highest BCUT2D eigenvalue weighted by molar-refractivity contribution is 5.86. The molecule has 0 amide bonds. The highest BCUT2D eigenvalue weighted by Gasteiger charge is 2.12. The van der Waals surface area contributed by atoms with Crippen molar-refractivity contribution in [2.24, 2.45) is 7.05 Å². The summed E-state index contributed by atoms with van der Waals surface area (Å²) in [5.41, 5.74) is 1.39. The number of carboxylic acids is 1. The van der Waals surface area contributed by atoms with Gasteiger partial charge in [0.25, 0.3) is 0 Å². The number of aromatic nitrogens is 1. The van der Waals surface area contributed by atoms with E-state index < -0.39 is 5.97 Å². The third kappa shape index (κ3) is 1.35. The van der Waals surface area contributed by atoms with Crippen LogP contribution in [0.2, 0.25) is 0 Å². The average Bonchev–Trinajstić information content (AvgIpc) is 2.30. The second kappa shape index (κ2) is 3.01. The molecule has 3 heteroatoms. The molecule has 12 heavy (non-hydrogen) atoms. The third-order valence-corrected chi connectivity index (χ3v) is 1.97. The second-order valence-corrected chi connectivity index (χ2v) is 3.16. The smallest absolute Gasteiger partial charge is 0.352 e. The van der Waals surface area contributed by atoms with E-state index in [0.717, 1.165) is 5.69 Å². The molecule has 0 fully saturated rings. The lowest BCUT2D eigenvalue weighted by Crippen LogP contribution is -2.07. The summed E-state index contributed by atoms with van der Waals surface area (Å²) in [4.78, 5) is 10.6. The lowest BCUT2D eigenvalue weighted by molar-refractivity contribution is 0.0686. The maximum Gasteiger partial charge on any atom is 0.352 e. The van der Waals surface area contributed by atoms with Crippen LogP contribution < -0.4 is 0 Å². The fourth-order valence-corrected chi connectivity index (χ4v) is 1.32. The van der Waals surface area contributed by atoms with Crippen molar-refractivity contribution in [3.05, 3.63) is 23.5 Å². The minimum atomic E-state index is -0.871. The van der Waals surface area contributed by atoms with Gasteiger partial charge in [0.15, 0.2) is 0 Å². The predicted molar refractivity (Wildman–Crippen MR) is 46.5 cm³/mol. The number of hydrogen-bond donors (Lipinski definition) is 1. The summed E-state index contributed by atoms with van der Waals surface area (Å²) in [6, 6.07) is 3.49. The molecule has 0 atom stereocenters. The zero-order valence-electron chi connectivity index (χ0n) is 7.53. The van der Waals surface area contributed by atoms with Gasteiger partial charge in [-0.2, -0.15) is 0 Å². The molecule has 0 unspecified atom stereocenters. The Morgan fingerprint density at radius 1 is 1.50 bits per heavy atom. The molecular formula is C9H13NO2. The Morgan fingerprint density at radius 3 is 2.33 bits per heavy atom. The molecule has 0 aromatic carbocycles. The molecule has 3 nitrogen and oxygen atoms in total. The van der Waals surface area contributed by atoms with E-state index in [2.05, 4.69) is 0 Å². The van der Waals surface area contributed by atoms with E-state index in [-0.39, 0.29) is 0 Å². The molecule has 1 heterocycles. The highest BCUT2D eigenvalue weighted by Crippen LogP contribution is 2.16. The van der Waals surface area contributed by atoms with Crippen LogP contribution in [0.4, 0.5) is 0 Å². The van der Waals surface area contributed by atoms with Gasteiger partial charge in [0.05, 0.1) is 0 Å². The topological polar surface area (TPSA) is 42.2 Å². The first-order valence-corrected chi connectivity index (χ1v) is 3.93. The monoisotopic (exact) mass is 167 g/mol. The van der Waals surface area contributed by atoms with Crippen LogP contribution in [0.5, 0.6) is 0 Å². The van der Waals surface area contributed by atoms with Gasteiger partial charge in [-0.05, 0) is 18.1 Å². The van der Waals surface area contributed by atoms with Gasteiger partial charge in [0, 0.05) is 12.7 Å². The third-order valence-electron chi connectivity index (χ3n) is 1.97.